The van der Waals surface area contributed by atoms with Crippen molar-refractivity contribution in [2.24, 2.45) is 0 Å². The molecule has 0 aromatic heterocycles. The molecule has 0 N–H and O–H groups in total. The largest absolute Gasteiger partial charge is 0.380 e. The summed E-state index contributed by atoms with van der Waals surface area (Å²) < 4.78 is 5.47. The second-order valence-electron chi connectivity index (χ2n) is 10.3. The monoisotopic (exact) mass is 482 g/mol. The highest BCUT2D eigenvalue weighted by atomic mass is 16.5. The van der Waals surface area contributed by atoms with Crippen molar-refractivity contribution >= 4 is 11.6 Å². The molecule has 3 heteroatoms. The predicted molar refractivity (Wildman–Crippen MR) is 153 cm³/mol. The van der Waals surface area contributed by atoms with Gasteiger partial charge in [0.25, 0.3) is 0 Å². The molecule has 0 amide bonds. The van der Waals surface area contributed by atoms with Crippen molar-refractivity contribution in [1.29, 1.82) is 0 Å². The van der Waals surface area contributed by atoms with Crippen LogP contribution in [0.1, 0.15) is 63.8 Å². The second-order valence-corrected chi connectivity index (χ2v) is 10.3. The van der Waals surface area contributed by atoms with E-state index >= 15 is 0 Å². The van der Waals surface area contributed by atoms with Crippen molar-refractivity contribution in [2.75, 3.05) is 46.4 Å². The third-order valence-corrected chi connectivity index (χ3v) is 8.23. The van der Waals surface area contributed by atoms with E-state index in [4.69, 9.17) is 11.2 Å². The van der Waals surface area contributed by atoms with E-state index in [-0.39, 0.29) is 5.92 Å². The molecule has 0 bridgehead atoms. The number of terminal acetylenes is 1. The van der Waals surface area contributed by atoms with Crippen LogP contribution in [0, 0.1) is 19.3 Å². The molecule has 1 unspecified atom stereocenters. The van der Waals surface area contributed by atoms with Crippen LogP contribution >= 0.6 is 0 Å². The van der Waals surface area contributed by atoms with Gasteiger partial charge in [-0.3, -0.25) is 4.90 Å². The SMILES string of the molecule is C#CC(CN1CCN(CCc2ccc3c(c2C)CCC3=C)CC1)c1cc(CC)c(C=C)c(COC)c1. The molecule has 2 aliphatic rings. The lowest BCUT2D eigenvalue weighted by molar-refractivity contribution is 0.132. The van der Waals surface area contributed by atoms with Gasteiger partial charge in [0.2, 0.25) is 0 Å². The molecule has 0 saturated carbocycles. The number of fused-ring (bicyclic) bond motifs is 1. The molecule has 3 nitrogen and oxygen atoms in total. The average Bonchev–Trinajstić information content (AvgIpc) is 3.28. The van der Waals surface area contributed by atoms with Crippen LogP contribution in [0.3, 0.4) is 0 Å². The smallest absolute Gasteiger partial charge is 0.0719 e. The summed E-state index contributed by atoms with van der Waals surface area (Å²) in [6.07, 6.45) is 12.4. The maximum atomic E-state index is 6.06. The fraction of sp³-hybridized carbons (Fsp3) is 0.455. The van der Waals surface area contributed by atoms with Gasteiger partial charge < -0.3 is 9.64 Å². The van der Waals surface area contributed by atoms with E-state index in [0.717, 1.165) is 65.0 Å². The lowest BCUT2D eigenvalue weighted by atomic mass is 9.90. The van der Waals surface area contributed by atoms with Gasteiger partial charge in [-0.25, -0.2) is 0 Å². The van der Waals surface area contributed by atoms with Crippen LogP contribution in [0.25, 0.3) is 11.6 Å². The van der Waals surface area contributed by atoms with E-state index in [1.807, 2.05) is 6.08 Å². The third-order valence-electron chi connectivity index (χ3n) is 8.23. The first kappa shape index (κ1) is 26.4. The van der Waals surface area contributed by atoms with Crippen LogP contribution in [-0.4, -0.2) is 56.2 Å². The number of rotatable bonds is 10. The van der Waals surface area contributed by atoms with Gasteiger partial charge in [-0.1, -0.05) is 56.3 Å². The maximum Gasteiger partial charge on any atom is 0.0719 e. The number of ether oxygens (including phenoxy) is 1. The first-order chi connectivity index (χ1) is 17.5. The molecule has 2 aromatic carbocycles. The molecule has 0 spiro atoms. The van der Waals surface area contributed by atoms with Gasteiger partial charge in [0.05, 0.1) is 12.5 Å². The Morgan fingerprint density at radius 3 is 2.47 bits per heavy atom. The van der Waals surface area contributed by atoms with Crippen molar-refractivity contribution in [3.63, 3.8) is 0 Å². The minimum absolute atomic E-state index is 0.0835. The Balaban J connectivity index is 1.34. The Bertz CT molecular complexity index is 1150. The molecule has 4 rings (SSSR count). The lowest BCUT2D eigenvalue weighted by Gasteiger charge is -2.36. The van der Waals surface area contributed by atoms with Gasteiger partial charge in [-0.05, 0) is 82.7 Å². The summed E-state index contributed by atoms with van der Waals surface area (Å²) in [6.45, 7) is 19.7. The summed E-state index contributed by atoms with van der Waals surface area (Å²) in [7, 11) is 1.74. The second kappa shape index (κ2) is 12.1. The number of nitrogens with zero attached hydrogens (tertiary/aromatic N) is 2. The summed E-state index contributed by atoms with van der Waals surface area (Å²) in [4.78, 5) is 5.15. The molecular weight excluding hydrogens is 440 g/mol. The van der Waals surface area contributed by atoms with Crippen LogP contribution in [-0.2, 0) is 30.6 Å². The summed E-state index contributed by atoms with van der Waals surface area (Å²) in [5, 5.41) is 0. The quantitative estimate of drug-likeness (QED) is 0.393. The van der Waals surface area contributed by atoms with Crippen LogP contribution in [0.2, 0.25) is 0 Å². The van der Waals surface area contributed by atoms with Gasteiger partial charge in [0, 0.05) is 46.4 Å². The summed E-state index contributed by atoms with van der Waals surface area (Å²) in [5.41, 5.74) is 12.1. The zero-order valence-electron chi connectivity index (χ0n) is 22.5. The van der Waals surface area contributed by atoms with Crippen molar-refractivity contribution in [2.45, 2.75) is 52.1 Å². The number of allylic oxidation sites excluding steroid dienone is 1. The molecule has 1 fully saturated rings. The van der Waals surface area contributed by atoms with Gasteiger partial charge in [-0.2, -0.15) is 0 Å². The Hall–Kier alpha value is -2.64. The first-order valence-corrected chi connectivity index (χ1v) is 13.5. The van der Waals surface area contributed by atoms with Crippen LogP contribution in [0.4, 0.5) is 0 Å². The van der Waals surface area contributed by atoms with Gasteiger partial charge in [0.15, 0.2) is 0 Å². The zero-order valence-corrected chi connectivity index (χ0v) is 22.5. The van der Waals surface area contributed by atoms with Crippen LogP contribution in [0.15, 0.2) is 37.4 Å². The minimum Gasteiger partial charge on any atom is -0.380 e. The lowest BCUT2D eigenvalue weighted by Crippen LogP contribution is -2.47. The first-order valence-electron chi connectivity index (χ1n) is 13.5. The molecule has 36 heavy (non-hydrogen) atoms. The number of methoxy groups -OCH3 is 1. The van der Waals surface area contributed by atoms with Gasteiger partial charge in [-0.15, -0.1) is 6.42 Å². The van der Waals surface area contributed by atoms with Crippen molar-refractivity contribution < 1.29 is 4.74 Å². The number of hydrogen-bond donors (Lipinski definition) is 0. The van der Waals surface area contributed by atoms with Gasteiger partial charge >= 0.3 is 0 Å². The Morgan fingerprint density at radius 1 is 1.08 bits per heavy atom. The number of piperazine rings is 1. The molecule has 1 atom stereocenters. The predicted octanol–water partition coefficient (Wildman–Crippen LogP) is 5.88. The number of benzene rings is 2. The zero-order chi connectivity index (χ0) is 25.7. The van der Waals surface area contributed by atoms with Gasteiger partial charge in [0.1, 0.15) is 0 Å². The molecule has 1 aliphatic heterocycles. The van der Waals surface area contributed by atoms with E-state index in [2.05, 4.69) is 67.0 Å². The fourth-order valence-electron chi connectivity index (χ4n) is 5.96. The highest BCUT2D eigenvalue weighted by molar-refractivity contribution is 5.72. The van der Waals surface area contributed by atoms with Crippen molar-refractivity contribution in [3.8, 4) is 12.3 Å². The topological polar surface area (TPSA) is 15.7 Å². The number of hydrogen-bond acceptors (Lipinski definition) is 3. The van der Waals surface area contributed by atoms with E-state index < -0.39 is 0 Å². The average molecular weight is 483 g/mol. The molecular formula is C33H42N2O. The van der Waals surface area contributed by atoms with Crippen LogP contribution in [0.5, 0.6) is 0 Å². The Morgan fingerprint density at radius 2 is 1.81 bits per heavy atom. The summed E-state index contributed by atoms with van der Waals surface area (Å²) in [6, 6.07) is 9.15. The molecule has 1 saturated heterocycles. The minimum atomic E-state index is 0.0835. The molecule has 190 valence electrons. The highest BCUT2D eigenvalue weighted by Crippen LogP contribution is 2.34. The highest BCUT2D eigenvalue weighted by Gasteiger charge is 2.22. The van der Waals surface area contributed by atoms with Crippen molar-refractivity contribution in [1.82, 2.24) is 9.80 Å². The maximum absolute atomic E-state index is 6.06. The number of aryl methyl sites for hydroxylation is 1. The van der Waals surface area contributed by atoms with E-state index in [1.165, 1.54) is 50.1 Å². The molecule has 2 aromatic rings. The van der Waals surface area contributed by atoms with E-state index in [0.29, 0.717) is 6.61 Å². The Labute approximate surface area is 218 Å². The summed E-state index contributed by atoms with van der Waals surface area (Å²) in [5.74, 6) is 3.17. The Kier molecular flexibility index (Phi) is 8.86. The molecule has 1 aliphatic carbocycles. The van der Waals surface area contributed by atoms with E-state index in [1.54, 1.807) is 7.11 Å². The van der Waals surface area contributed by atoms with Crippen LogP contribution < -0.4 is 0 Å². The van der Waals surface area contributed by atoms with E-state index in [9.17, 15) is 0 Å². The normalized spacial score (nSPS) is 17.1. The molecule has 0 radical (unpaired) electrons. The molecule has 1 heterocycles. The standard InChI is InChI=1S/C33H42N2O/c1-7-26-20-29(21-30(23-36-6)31(26)9-3)27(8-2)22-35-18-16-34(17-19-35)15-14-28-11-13-32-24(4)10-12-33(32)25(28)5/h2,9,11,13,20-21,27H,3-4,7,10,12,14-19,22-23H2,1,5-6H3. The fourth-order valence-corrected chi connectivity index (χ4v) is 5.96. The summed E-state index contributed by atoms with van der Waals surface area (Å²) >= 11 is 0. The van der Waals surface area contributed by atoms with Crippen molar-refractivity contribution in [3.05, 3.63) is 81.9 Å². The third kappa shape index (κ3) is 5.68.